The van der Waals surface area contributed by atoms with Crippen molar-refractivity contribution in [3.8, 4) is 16.8 Å². The van der Waals surface area contributed by atoms with Gasteiger partial charge in [0.1, 0.15) is 17.6 Å². The summed E-state index contributed by atoms with van der Waals surface area (Å²) in [5.41, 5.74) is -0.0653. The first-order valence-electron chi connectivity index (χ1n) is 11.1. The van der Waals surface area contributed by atoms with Gasteiger partial charge < -0.3 is 10.2 Å². The number of alkyl halides is 2. The van der Waals surface area contributed by atoms with Gasteiger partial charge in [-0.05, 0) is 45.7 Å². The lowest BCUT2D eigenvalue weighted by molar-refractivity contribution is 0.150. The van der Waals surface area contributed by atoms with Crippen LogP contribution in [-0.4, -0.2) is 58.7 Å². The summed E-state index contributed by atoms with van der Waals surface area (Å²) in [6.45, 7) is 7.03. The van der Waals surface area contributed by atoms with Gasteiger partial charge in [0.05, 0.1) is 10.4 Å². The summed E-state index contributed by atoms with van der Waals surface area (Å²) < 4.78 is 57.4. The molecule has 186 valence electrons. The fourth-order valence-electron chi connectivity index (χ4n) is 4.39. The lowest BCUT2D eigenvalue weighted by Crippen LogP contribution is -2.54. The number of nitriles is 1. The van der Waals surface area contributed by atoms with Gasteiger partial charge in [-0.1, -0.05) is 11.3 Å². The first-order valence-corrected chi connectivity index (χ1v) is 13.4. The second kappa shape index (κ2) is 8.44. The molecular formula is C21H24F2N8O2S2. The molecule has 14 heteroatoms. The fraction of sp³-hybridized carbons (Fsp3) is 0.524. The number of pyridine rings is 1. The normalized spacial score (nSPS) is 22.0. The van der Waals surface area contributed by atoms with Gasteiger partial charge in [0.2, 0.25) is 15.8 Å². The maximum absolute atomic E-state index is 13.4. The van der Waals surface area contributed by atoms with Gasteiger partial charge in [0.15, 0.2) is 10.0 Å². The van der Waals surface area contributed by atoms with Crippen molar-refractivity contribution >= 4 is 32.7 Å². The van der Waals surface area contributed by atoms with Crippen LogP contribution >= 0.6 is 11.3 Å². The lowest BCUT2D eigenvalue weighted by Gasteiger charge is -2.38. The number of nitrogens with one attached hydrogen (secondary N) is 2. The molecule has 35 heavy (non-hydrogen) atoms. The number of anilines is 1. The Labute approximate surface area is 205 Å². The standard InChI is InChI=1S/C21H24F2N8O2S2/c1-11-9-30(10-12(2)25-11)16-7-13(35(32,33)29-21(3)4-5-21)6-14-17(26-15(8-24)31(14)16)19-27-28-20(34-19)18(22)23/h6-7,11-12,18,25,29H,4-5,9-10H2,1-3H3/t11-,12-/m0/s1. The maximum Gasteiger partial charge on any atom is 0.291 e. The van der Waals surface area contributed by atoms with Crippen LogP contribution in [0.2, 0.25) is 0 Å². The molecule has 2 fully saturated rings. The van der Waals surface area contributed by atoms with E-state index in [-0.39, 0.29) is 39.0 Å². The molecule has 0 spiro atoms. The molecule has 4 heterocycles. The zero-order valence-corrected chi connectivity index (χ0v) is 20.9. The molecule has 1 aliphatic carbocycles. The van der Waals surface area contributed by atoms with E-state index in [4.69, 9.17) is 0 Å². The zero-order chi connectivity index (χ0) is 25.1. The van der Waals surface area contributed by atoms with Crippen molar-refractivity contribution < 1.29 is 17.2 Å². The third kappa shape index (κ3) is 4.49. The molecule has 1 aliphatic heterocycles. The average Bonchev–Trinajstić information content (AvgIpc) is 3.18. The van der Waals surface area contributed by atoms with E-state index in [2.05, 4.69) is 31.3 Å². The summed E-state index contributed by atoms with van der Waals surface area (Å²) in [6.07, 6.45) is -1.32. The molecule has 0 unspecified atom stereocenters. The number of nitrogens with zero attached hydrogens (tertiary/aromatic N) is 6. The molecule has 5 rings (SSSR count). The quantitative estimate of drug-likeness (QED) is 0.506. The Morgan fingerprint density at radius 3 is 2.51 bits per heavy atom. The molecular weight excluding hydrogens is 498 g/mol. The number of sulfonamides is 1. The summed E-state index contributed by atoms with van der Waals surface area (Å²) in [6, 6.07) is 5.24. The number of halogens is 2. The predicted molar refractivity (Wildman–Crippen MR) is 126 cm³/mol. The minimum absolute atomic E-state index is 0.00342. The van der Waals surface area contributed by atoms with E-state index in [1.165, 1.54) is 6.07 Å². The predicted octanol–water partition coefficient (Wildman–Crippen LogP) is 2.68. The second-order valence-electron chi connectivity index (χ2n) is 9.45. The molecule has 0 bridgehead atoms. The first-order chi connectivity index (χ1) is 16.5. The van der Waals surface area contributed by atoms with Crippen LogP contribution < -0.4 is 14.9 Å². The Balaban J connectivity index is 1.75. The van der Waals surface area contributed by atoms with Crippen molar-refractivity contribution in [3.05, 3.63) is 23.0 Å². The molecule has 1 saturated heterocycles. The monoisotopic (exact) mass is 522 g/mol. The Morgan fingerprint density at radius 2 is 1.94 bits per heavy atom. The van der Waals surface area contributed by atoms with Gasteiger partial charge in [-0.2, -0.15) is 5.26 Å². The van der Waals surface area contributed by atoms with Crippen LogP contribution in [0.25, 0.3) is 16.2 Å². The maximum atomic E-state index is 13.4. The Bertz CT molecular complexity index is 1430. The number of hydrogen-bond donors (Lipinski definition) is 2. The molecule has 10 nitrogen and oxygen atoms in total. The van der Waals surface area contributed by atoms with E-state index in [1.54, 1.807) is 10.5 Å². The lowest BCUT2D eigenvalue weighted by atomic mass is 10.1. The number of fused-ring (bicyclic) bond motifs is 1. The number of piperazine rings is 1. The van der Waals surface area contributed by atoms with Crippen molar-refractivity contribution in [1.82, 2.24) is 29.6 Å². The third-order valence-corrected chi connectivity index (χ3v) is 8.75. The van der Waals surface area contributed by atoms with Crippen molar-refractivity contribution in [2.75, 3.05) is 18.0 Å². The first kappa shape index (κ1) is 24.0. The van der Waals surface area contributed by atoms with Crippen molar-refractivity contribution in [2.24, 2.45) is 0 Å². The molecule has 3 aromatic rings. The number of imidazole rings is 1. The van der Waals surface area contributed by atoms with Crippen molar-refractivity contribution in [1.29, 1.82) is 5.26 Å². The highest BCUT2D eigenvalue weighted by Gasteiger charge is 2.41. The summed E-state index contributed by atoms with van der Waals surface area (Å²) >= 11 is 0.662. The summed E-state index contributed by atoms with van der Waals surface area (Å²) in [5, 5.41) is 20.3. The molecule has 0 amide bonds. The highest BCUT2D eigenvalue weighted by atomic mass is 32.2. The molecule has 3 aromatic heterocycles. The highest BCUT2D eigenvalue weighted by Crippen LogP contribution is 2.38. The fourth-order valence-corrected chi connectivity index (χ4v) is 6.59. The van der Waals surface area contributed by atoms with Crippen LogP contribution in [0, 0.1) is 11.3 Å². The van der Waals surface area contributed by atoms with Gasteiger partial charge in [-0.3, -0.25) is 4.40 Å². The molecule has 1 saturated carbocycles. The van der Waals surface area contributed by atoms with Gasteiger partial charge in [0, 0.05) is 30.7 Å². The van der Waals surface area contributed by atoms with Crippen molar-refractivity contribution in [2.45, 2.75) is 62.6 Å². The summed E-state index contributed by atoms with van der Waals surface area (Å²) in [7, 11) is -3.91. The topological polar surface area (TPSA) is 128 Å². The van der Waals surface area contributed by atoms with Gasteiger partial charge in [-0.15, -0.1) is 10.2 Å². The Kier molecular flexibility index (Phi) is 5.78. The van der Waals surface area contributed by atoms with Gasteiger partial charge in [-0.25, -0.2) is 26.9 Å². The number of hydrogen-bond acceptors (Lipinski definition) is 9. The third-order valence-electron chi connectivity index (χ3n) is 6.19. The smallest absolute Gasteiger partial charge is 0.291 e. The van der Waals surface area contributed by atoms with E-state index in [1.807, 2.05) is 25.7 Å². The second-order valence-corrected chi connectivity index (χ2v) is 12.1. The minimum Gasteiger partial charge on any atom is -0.355 e. The van der Waals surface area contributed by atoms with Gasteiger partial charge >= 0.3 is 0 Å². The van der Waals surface area contributed by atoms with Crippen LogP contribution in [0.15, 0.2) is 17.0 Å². The van der Waals surface area contributed by atoms with Crippen LogP contribution in [0.5, 0.6) is 0 Å². The molecule has 2 atom stereocenters. The summed E-state index contributed by atoms with van der Waals surface area (Å²) in [5.74, 6) is 0.488. The zero-order valence-electron chi connectivity index (χ0n) is 19.3. The van der Waals surface area contributed by atoms with Gasteiger partial charge in [0.25, 0.3) is 6.43 Å². The average molecular weight is 523 g/mol. The Morgan fingerprint density at radius 1 is 1.26 bits per heavy atom. The van der Waals surface area contributed by atoms with E-state index >= 15 is 0 Å². The Hall–Kier alpha value is -2.73. The molecule has 0 aromatic carbocycles. The van der Waals surface area contributed by atoms with E-state index in [0.29, 0.717) is 30.2 Å². The van der Waals surface area contributed by atoms with Crippen LogP contribution in [0.4, 0.5) is 14.6 Å². The minimum atomic E-state index is -3.91. The van der Waals surface area contributed by atoms with Crippen LogP contribution in [0.1, 0.15) is 50.9 Å². The largest absolute Gasteiger partial charge is 0.355 e. The SMILES string of the molecule is C[C@H]1CN(c2cc(S(=O)(=O)NC3(C)CC3)cc3c(-c4nnc(C(F)F)s4)nc(C#N)n23)C[C@H](C)N1. The molecule has 0 radical (unpaired) electrons. The number of aromatic nitrogens is 4. The molecule has 2 N–H and O–H groups in total. The van der Waals surface area contributed by atoms with E-state index in [0.717, 1.165) is 12.8 Å². The molecule has 2 aliphatic rings. The van der Waals surface area contributed by atoms with E-state index in [9.17, 15) is 22.5 Å². The van der Waals surface area contributed by atoms with Crippen LogP contribution in [-0.2, 0) is 10.0 Å². The van der Waals surface area contributed by atoms with Crippen molar-refractivity contribution in [3.63, 3.8) is 0 Å². The highest BCUT2D eigenvalue weighted by molar-refractivity contribution is 7.89. The number of rotatable bonds is 6. The van der Waals surface area contributed by atoms with E-state index < -0.39 is 27.0 Å². The summed E-state index contributed by atoms with van der Waals surface area (Å²) in [4.78, 5) is 6.38. The van der Waals surface area contributed by atoms with Crippen LogP contribution in [0.3, 0.4) is 0 Å².